The molecule has 0 atom stereocenters. The van der Waals surface area contributed by atoms with Crippen LogP contribution in [0.2, 0.25) is 0 Å². The predicted molar refractivity (Wildman–Crippen MR) is 67.3 cm³/mol. The van der Waals surface area contributed by atoms with Gasteiger partial charge in [-0.1, -0.05) is 45.0 Å². The highest BCUT2D eigenvalue weighted by atomic mass is 16.2. The minimum absolute atomic E-state index is 0.0971. The molecule has 0 aliphatic heterocycles. The average molecular weight is 219 g/mol. The summed E-state index contributed by atoms with van der Waals surface area (Å²) in [6.45, 7) is 8.86. The van der Waals surface area contributed by atoms with Crippen LogP contribution in [0.1, 0.15) is 38.8 Å². The van der Waals surface area contributed by atoms with Crippen LogP contribution in [0.3, 0.4) is 0 Å². The molecular weight excluding hydrogens is 198 g/mol. The first-order chi connectivity index (χ1) is 7.30. The zero-order valence-electron chi connectivity index (χ0n) is 10.9. The minimum Gasteiger partial charge on any atom is -0.342 e. The summed E-state index contributed by atoms with van der Waals surface area (Å²) in [4.78, 5) is 12.8. The third-order valence-electron chi connectivity index (χ3n) is 2.78. The van der Waals surface area contributed by atoms with Gasteiger partial charge in [-0.2, -0.15) is 0 Å². The molecule has 2 heteroatoms. The molecule has 88 valence electrons. The standard InChI is InChI=1S/C14H21NO/c1-11(16)15(5)10-12-6-8-13(9-7-12)14(2,3)4/h6-9H,10H2,1-5H3. The molecule has 0 aliphatic rings. The molecule has 16 heavy (non-hydrogen) atoms. The van der Waals surface area contributed by atoms with Gasteiger partial charge in [-0.15, -0.1) is 0 Å². The van der Waals surface area contributed by atoms with Crippen LogP contribution in [0, 0.1) is 0 Å². The Morgan fingerprint density at radius 2 is 1.69 bits per heavy atom. The maximum atomic E-state index is 11.1. The van der Waals surface area contributed by atoms with E-state index in [1.54, 1.807) is 11.8 Å². The van der Waals surface area contributed by atoms with Gasteiger partial charge in [-0.3, -0.25) is 4.79 Å². The predicted octanol–water partition coefficient (Wildman–Crippen LogP) is 2.96. The lowest BCUT2D eigenvalue weighted by atomic mass is 9.87. The van der Waals surface area contributed by atoms with E-state index in [9.17, 15) is 4.79 Å². The van der Waals surface area contributed by atoms with Gasteiger partial charge in [0, 0.05) is 20.5 Å². The van der Waals surface area contributed by atoms with E-state index in [0.29, 0.717) is 6.54 Å². The highest BCUT2D eigenvalue weighted by Crippen LogP contribution is 2.22. The number of benzene rings is 1. The zero-order valence-corrected chi connectivity index (χ0v) is 10.9. The number of amides is 1. The number of carbonyl (C=O) groups excluding carboxylic acids is 1. The Morgan fingerprint density at radius 3 is 2.06 bits per heavy atom. The average Bonchev–Trinajstić information content (AvgIpc) is 2.17. The quantitative estimate of drug-likeness (QED) is 0.749. The fraction of sp³-hybridized carbons (Fsp3) is 0.500. The highest BCUT2D eigenvalue weighted by Gasteiger charge is 2.13. The summed E-state index contributed by atoms with van der Waals surface area (Å²) in [7, 11) is 1.82. The van der Waals surface area contributed by atoms with Gasteiger partial charge in [0.2, 0.25) is 5.91 Å². The molecule has 0 heterocycles. The van der Waals surface area contributed by atoms with Crippen LogP contribution in [-0.4, -0.2) is 17.9 Å². The molecule has 0 saturated carbocycles. The van der Waals surface area contributed by atoms with E-state index in [-0.39, 0.29) is 11.3 Å². The SMILES string of the molecule is CC(=O)N(C)Cc1ccc(C(C)(C)C)cc1. The monoisotopic (exact) mass is 219 g/mol. The third-order valence-corrected chi connectivity index (χ3v) is 2.78. The van der Waals surface area contributed by atoms with E-state index in [4.69, 9.17) is 0 Å². The first-order valence-corrected chi connectivity index (χ1v) is 5.62. The van der Waals surface area contributed by atoms with Crippen molar-refractivity contribution in [1.29, 1.82) is 0 Å². The maximum absolute atomic E-state index is 11.1. The normalized spacial score (nSPS) is 11.3. The highest BCUT2D eigenvalue weighted by molar-refractivity contribution is 5.72. The molecule has 2 nitrogen and oxygen atoms in total. The summed E-state index contributed by atoms with van der Waals surface area (Å²) >= 11 is 0. The van der Waals surface area contributed by atoms with Gasteiger partial charge in [0.15, 0.2) is 0 Å². The van der Waals surface area contributed by atoms with E-state index >= 15 is 0 Å². The van der Waals surface area contributed by atoms with Crippen LogP contribution in [0.4, 0.5) is 0 Å². The van der Waals surface area contributed by atoms with Crippen molar-refractivity contribution < 1.29 is 4.79 Å². The van der Waals surface area contributed by atoms with Crippen molar-refractivity contribution >= 4 is 5.91 Å². The second-order valence-electron chi connectivity index (χ2n) is 5.32. The molecule has 1 aromatic rings. The van der Waals surface area contributed by atoms with Gasteiger partial charge < -0.3 is 4.90 Å². The number of hydrogen-bond acceptors (Lipinski definition) is 1. The van der Waals surface area contributed by atoms with Crippen LogP contribution in [-0.2, 0) is 16.8 Å². The summed E-state index contributed by atoms with van der Waals surface area (Å²) in [6.07, 6.45) is 0. The van der Waals surface area contributed by atoms with Crippen LogP contribution in [0.15, 0.2) is 24.3 Å². The summed E-state index contributed by atoms with van der Waals surface area (Å²) in [5, 5.41) is 0. The molecule has 0 saturated heterocycles. The van der Waals surface area contributed by atoms with Crippen LogP contribution < -0.4 is 0 Å². The van der Waals surface area contributed by atoms with Crippen LogP contribution in [0.5, 0.6) is 0 Å². The van der Waals surface area contributed by atoms with Crippen molar-refractivity contribution in [3.63, 3.8) is 0 Å². The van der Waals surface area contributed by atoms with Crippen LogP contribution in [0.25, 0.3) is 0 Å². The van der Waals surface area contributed by atoms with Crippen molar-refractivity contribution in [2.24, 2.45) is 0 Å². The van der Waals surface area contributed by atoms with Crippen molar-refractivity contribution in [2.75, 3.05) is 7.05 Å². The summed E-state index contributed by atoms with van der Waals surface area (Å²) in [6, 6.07) is 8.48. The summed E-state index contributed by atoms with van der Waals surface area (Å²) in [5.74, 6) is 0.0971. The number of nitrogens with zero attached hydrogens (tertiary/aromatic N) is 1. The first-order valence-electron chi connectivity index (χ1n) is 5.62. The smallest absolute Gasteiger partial charge is 0.219 e. The fourth-order valence-electron chi connectivity index (χ4n) is 1.50. The van der Waals surface area contributed by atoms with E-state index in [0.717, 1.165) is 0 Å². The largest absolute Gasteiger partial charge is 0.342 e. The molecule has 1 aromatic carbocycles. The maximum Gasteiger partial charge on any atom is 0.219 e. The van der Waals surface area contributed by atoms with Gasteiger partial charge in [-0.05, 0) is 16.5 Å². The Hall–Kier alpha value is -1.31. The third kappa shape index (κ3) is 3.37. The topological polar surface area (TPSA) is 20.3 Å². The van der Waals surface area contributed by atoms with E-state index in [1.165, 1.54) is 11.1 Å². The molecule has 0 N–H and O–H groups in total. The van der Waals surface area contributed by atoms with Crippen LogP contribution >= 0.6 is 0 Å². The Morgan fingerprint density at radius 1 is 1.19 bits per heavy atom. The fourth-order valence-corrected chi connectivity index (χ4v) is 1.50. The number of carbonyl (C=O) groups is 1. The molecular formula is C14H21NO. The summed E-state index contributed by atoms with van der Waals surface area (Å²) in [5.41, 5.74) is 2.68. The van der Waals surface area contributed by atoms with Gasteiger partial charge in [-0.25, -0.2) is 0 Å². The van der Waals surface area contributed by atoms with Crippen molar-refractivity contribution in [2.45, 2.75) is 39.7 Å². The zero-order chi connectivity index (χ0) is 12.3. The minimum atomic E-state index is 0.0971. The molecule has 0 unspecified atom stereocenters. The Balaban J connectivity index is 2.76. The molecule has 0 aliphatic carbocycles. The molecule has 0 radical (unpaired) electrons. The molecule has 0 fully saturated rings. The second-order valence-corrected chi connectivity index (χ2v) is 5.32. The second kappa shape index (κ2) is 4.69. The number of hydrogen-bond donors (Lipinski definition) is 0. The molecule has 0 aromatic heterocycles. The van der Waals surface area contributed by atoms with E-state index in [1.807, 2.05) is 7.05 Å². The lowest BCUT2D eigenvalue weighted by molar-refractivity contribution is -0.128. The van der Waals surface area contributed by atoms with Gasteiger partial charge in [0.05, 0.1) is 0 Å². The lowest BCUT2D eigenvalue weighted by Gasteiger charge is -2.20. The number of rotatable bonds is 2. The molecule has 0 bridgehead atoms. The van der Waals surface area contributed by atoms with Gasteiger partial charge in [0.1, 0.15) is 0 Å². The Kier molecular flexibility index (Phi) is 3.74. The first kappa shape index (κ1) is 12.8. The van der Waals surface area contributed by atoms with E-state index < -0.39 is 0 Å². The molecule has 0 spiro atoms. The van der Waals surface area contributed by atoms with Gasteiger partial charge in [0.25, 0.3) is 0 Å². The van der Waals surface area contributed by atoms with Crippen molar-refractivity contribution in [1.82, 2.24) is 4.90 Å². The van der Waals surface area contributed by atoms with Gasteiger partial charge >= 0.3 is 0 Å². The molecule has 1 rings (SSSR count). The lowest BCUT2D eigenvalue weighted by Crippen LogP contribution is -2.23. The van der Waals surface area contributed by atoms with Crippen molar-refractivity contribution in [3.05, 3.63) is 35.4 Å². The summed E-state index contributed by atoms with van der Waals surface area (Å²) < 4.78 is 0. The Labute approximate surface area is 98.3 Å². The van der Waals surface area contributed by atoms with Crippen molar-refractivity contribution in [3.8, 4) is 0 Å². The van der Waals surface area contributed by atoms with E-state index in [2.05, 4.69) is 45.0 Å². The Bertz CT molecular complexity index is 359. The molecule has 1 amide bonds.